The molecule has 9 heteroatoms. The average Bonchev–Trinajstić information content (AvgIpc) is 3.35. The number of rotatable bonds is 4. The summed E-state index contributed by atoms with van der Waals surface area (Å²) in [5.41, 5.74) is 0.385. The van der Waals surface area contributed by atoms with Crippen LogP contribution in [-0.4, -0.2) is 47.0 Å². The SMILES string of the molecule is Cl.O=C(Nc1ncc(C2CCNCC2)s1)c1ccnc(N2CCCC2)n1. The Labute approximate surface area is 163 Å². The molecular weight excluding hydrogens is 372 g/mol. The zero-order valence-corrected chi connectivity index (χ0v) is 16.1. The lowest BCUT2D eigenvalue weighted by atomic mass is 9.97. The summed E-state index contributed by atoms with van der Waals surface area (Å²) >= 11 is 1.57. The molecule has 0 saturated carbocycles. The van der Waals surface area contributed by atoms with Crippen molar-refractivity contribution in [2.45, 2.75) is 31.6 Å². The van der Waals surface area contributed by atoms with Crippen LogP contribution < -0.4 is 15.5 Å². The van der Waals surface area contributed by atoms with Crippen molar-refractivity contribution < 1.29 is 4.79 Å². The summed E-state index contributed by atoms with van der Waals surface area (Å²) in [6, 6.07) is 1.65. The van der Waals surface area contributed by atoms with E-state index >= 15 is 0 Å². The third kappa shape index (κ3) is 4.31. The van der Waals surface area contributed by atoms with Crippen molar-refractivity contribution >= 4 is 40.7 Å². The molecule has 0 aromatic carbocycles. The largest absolute Gasteiger partial charge is 0.341 e. The van der Waals surface area contributed by atoms with E-state index in [1.807, 2.05) is 6.20 Å². The first-order chi connectivity index (χ1) is 12.3. The minimum Gasteiger partial charge on any atom is -0.341 e. The molecule has 7 nitrogen and oxygen atoms in total. The van der Waals surface area contributed by atoms with Gasteiger partial charge in [-0.15, -0.1) is 23.7 Å². The quantitative estimate of drug-likeness (QED) is 0.829. The zero-order chi connectivity index (χ0) is 17.1. The van der Waals surface area contributed by atoms with Crippen LogP contribution in [0.4, 0.5) is 11.1 Å². The molecule has 26 heavy (non-hydrogen) atoms. The number of nitrogens with one attached hydrogen (secondary N) is 2. The minimum absolute atomic E-state index is 0. The van der Waals surface area contributed by atoms with Gasteiger partial charge in [0.25, 0.3) is 5.91 Å². The van der Waals surface area contributed by atoms with E-state index in [0.717, 1.165) is 51.9 Å². The molecule has 2 aromatic rings. The lowest BCUT2D eigenvalue weighted by molar-refractivity contribution is 0.102. The Morgan fingerprint density at radius 2 is 2.00 bits per heavy atom. The van der Waals surface area contributed by atoms with Crippen LogP contribution in [0.5, 0.6) is 0 Å². The standard InChI is InChI=1S/C17H22N6OS.ClH/c24-15(13-5-8-19-16(21-13)23-9-1-2-10-23)22-17-20-11-14(25-17)12-3-6-18-7-4-12;/h5,8,11-12,18H,1-4,6-7,9-10H2,(H,20,22,24);1H. The van der Waals surface area contributed by atoms with Gasteiger partial charge in [-0.05, 0) is 50.8 Å². The summed E-state index contributed by atoms with van der Waals surface area (Å²) in [5.74, 6) is 0.957. The average molecular weight is 395 g/mol. The van der Waals surface area contributed by atoms with Gasteiger partial charge in [-0.2, -0.15) is 0 Å². The third-order valence-corrected chi connectivity index (χ3v) is 5.83. The molecule has 0 unspecified atom stereocenters. The van der Waals surface area contributed by atoms with Gasteiger partial charge in [-0.1, -0.05) is 0 Å². The van der Waals surface area contributed by atoms with E-state index in [-0.39, 0.29) is 18.3 Å². The monoisotopic (exact) mass is 394 g/mol. The maximum atomic E-state index is 12.5. The molecule has 0 radical (unpaired) electrons. The van der Waals surface area contributed by atoms with Gasteiger partial charge in [0.15, 0.2) is 5.13 Å². The summed E-state index contributed by atoms with van der Waals surface area (Å²) in [4.78, 5) is 29.0. The number of halogens is 1. The molecular formula is C17H23ClN6OS. The van der Waals surface area contributed by atoms with Crippen LogP contribution in [0.25, 0.3) is 0 Å². The molecule has 2 aliphatic heterocycles. The highest BCUT2D eigenvalue weighted by atomic mass is 35.5. The van der Waals surface area contributed by atoms with Gasteiger partial charge in [0.1, 0.15) is 5.69 Å². The third-order valence-electron chi connectivity index (χ3n) is 4.75. The fourth-order valence-corrected chi connectivity index (χ4v) is 4.33. The number of thiazole rings is 1. The number of amides is 1. The Morgan fingerprint density at radius 1 is 1.23 bits per heavy atom. The molecule has 2 fully saturated rings. The molecule has 140 valence electrons. The van der Waals surface area contributed by atoms with Crippen molar-refractivity contribution in [3.8, 4) is 0 Å². The Hall–Kier alpha value is -1.77. The number of piperidine rings is 1. The molecule has 4 rings (SSSR count). The summed E-state index contributed by atoms with van der Waals surface area (Å²) in [6.45, 7) is 4.00. The second-order valence-corrected chi connectivity index (χ2v) is 7.54. The lowest BCUT2D eigenvalue weighted by Crippen LogP contribution is -2.26. The number of aromatic nitrogens is 3. The van der Waals surface area contributed by atoms with Crippen molar-refractivity contribution in [2.24, 2.45) is 0 Å². The fraction of sp³-hybridized carbons (Fsp3) is 0.529. The van der Waals surface area contributed by atoms with E-state index in [9.17, 15) is 4.79 Å². The molecule has 4 heterocycles. The van der Waals surface area contributed by atoms with Crippen molar-refractivity contribution in [3.63, 3.8) is 0 Å². The fourth-order valence-electron chi connectivity index (χ4n) is 3.35. The normalized spacial score (nSPS) is 17.8. The van der Waals surface area contributed by atoms with Crippen molar-refractivity contribution in [1.82, 2.24) is 20.3 Å². The topological polar surface area (TPSA) is 83.0 Å². The molecule has 2 aromatic heterocycles. The minimum atomic E-state index is -0.228. The molecule has 1 amide bonds. The van der Waals surface area contributed by atoms with E-state index in [0.29, 0.717) is 22.7 Å². The van der Waals surface area contributed by atoms with Gasteiger partial charge in [-0.3, -0.25) is 10.1 Å². The highest BCUT2D eigenvalue weighted by Gasteiger charge is 2.20. The second kappa shape index (κ2) is 8.75. The number of nitrogens with zero attached hydrogens (tertiary/aromatic N) is 4. The van der Waals surface area contributed by atoms with Crippen LogP contribution in [0.3, 0.4) is 0 Å². The smallest absolute Gasteiger partial charge is 0.276 e. The molecule has 0 bridgehead atoms. The van der Waals surface area contributed by atoms with Crippen LogP contribution in [0.15, 0.2) is 18.5 Å². The summed E-state index contributed by atoms with van der Waals surface area (Å²) in [7, 11) is 0. The van der Waals surface area contributed by atoms with E-state index in [2.05, 4.69) is 30.5 Å². The summed E-state index contributed by atoms with van der Waals surface area (Å²) in [5, 5.41) is 6.89. The van der Waals surface area contributed by atoms with Gasteiger partial charge in [0.05, 0.1) is 0 Å². The molecule has 2 saturated heterocycles. The Balaban J connectivity index is 0.00000196. The maximum absolute atomic E-state index is 12.5. The predicted octanol–water partition coefficient (Wildman–Crippen LogP) is 2.67. The second-order valence-electron chi connectivity index (χ2n) is 6.48. The van der Waals surface area contributed by atoms with Gasteiger partial charge in [-0.25, -0.2) is 15.0 Å². The maximum Gasteiger partial charge on any atom is 0.276 e. The van der Waals surface area contributed by atoms with Crippen LogP contribution in [-0.2, 0) is 0 Å². The van der Waals surface area contributed by atoms with Crippen molar-refractivity contribution in [1.29, 1.82) is 0 Å². The predicted molar refractivity (Wildman–Crippen MR) is 106 cm³/mol. The molecule has 0 spiro atoms. The van der Waals surface area contributed by atoms with E-state index in [4.69, 9.17) is 0 Å². The Kier molecular flexibility index (Phi) is 6.39. The number of carbonyl (C=O) groups excluding carboxylic acids is 1. The molecule has 2 N–H and O–H groups in total. The van der Waals surface area contributed by atoms with Gasteiger partial charge >= 0.3 is 0 Å². The highest BCUT2D eigenvalue weighted by Crippen LogP contribution is 2.31. The molecule has 0 atom stereocenters. The van der Waals surface area contributed by atoms with Crippen LogP contribution in [0.2, 0.25) is 0 Å². The molecule has 0 aliphatic carbocycles. The summed E-state index contributed by atoms with van der Waals surface area (Å²) in [6.07, 6.45) is 8.10. The van der Waals surface area contributed by atoms with Crippen LogP contribution in [0, 0.1) is 0 Å². The molecule has 2 aliphatic rings. The van der Waals surface area contributed by atoms with E-state index in [1.54, 1.807) is 23.6 Å². The van der Waals surface area contributed by atoms with E-state index < -0.39 is 0 Å². The summed E-state index contributed by atoms with van der Waals surface area (Å²) < 4.78 is 0. The Bertz CT molecular complexity index is 742. The first kappa shape index (κ1) is 19.0. The van der Waals surface area contributed by atoms with Gasteiger partial charge in [0.2, 0.25) is 5.95 Å². The Morgan fingerprint density at radius 3 is 2.77 bits per heavy atom. The number of carbonyl (C=O) groups is 1. The lowest BCUT2D eigenvalue weighted by Gasteiger charge is -2.20. The van der Waals surface area contributed by atoms with Crippen LogP contribution >= 0.6 is 23.7 Å². The highest BCUT2D eigenvalue weighted by molar-refractivity contribution is 7.15. The number of hydrogen-bond donors (Lipinski definition) is 2. The van der Waals surface area contributed by atoms with Crippen LogP contribution in [0.1, 0.15) is 47.0 Å². The zero-order valence-electron chi connectivity index (χ0n) is 14.5. The van der Waals surface area contributed by atoms with Crippen molar-refractivity contribution in [3.05, 3.63) is 29.0 Å². The van der Waals surface area contributed by atoms with Crippen molar-refractivity contribution in [2.75, 3.05) is 36.4 Å². The first-order valence-corrected chi connectivity index (χ1v) is 9.67. The number of hydrogen-bond acceptors (Lipinski definition) is 7. The van der Waals surface area contributed by atoms with Gasteiger partial charge < -0.3 is 10.2 Å². The number of anilines is 2. The van der Waals surface area contributed by atoms with E-state index in [1.165, 1.54) is 4.88 Å². The first-order valence-electron chi connectivity index (χ1n) is 8.85. The van der Waals surface area contributed by atoms with Gasteiger partial charge in [0, 0.05) is 30.4 Å².